The van der Waals surface area contributed by atoms with Crippen LogP contribution < -0.4 is 0 Å². The number of carbonyl (C=O) groups is 2. The summed E-state index contributed by atoms with van der Waals surface area (Å²) in [4.78, 5) is 22.8. The van der Waals surface area contributed by atoms with Gasteiger partial charge < -0.3 is 9.47 Å². The van der Waals surface area contributed by atoms with Crippen LogP contribution in [0.15, 0.2) is 0 Å². The van der Waals surface area contributed by atoms with Gasteiger partial charge in [-0.3, -0.25) is 9.59 Å². The van der Waals surface area contributed by atoms with Gasteiger partial charge in [0.2, 0.25) is 0 Å². The summed E-state index contributed by atoms with van der Waals surface area (Å²) in [7, 11) is 0. The van der Waals surface area contributed by atoms with E-state index in [0.717, 1.165) is 0 Å². The average molecular weight is 432 g/mol. The molecule has 27 heavy (non-hydrogen) atoms. The number of carbonyl (C=O) groups excluding carboxylic acids is 2. The van der Waals surface area contributed by atoms with Crippen LogP contribution in [-0.4, -0.2) is 48.9 Å². The molecule has 0 aromatic rings. The zero-order chi connectivity index (χ0) is 22.2. The molecule has 0 rings (SSSR count). The molecule has 0 aromatic carbocycles. The Morgan fingerprint density at radius 3 is 0.889 bits per heavy atom. The molecule has 0 N–H and O–H groups in total. The predicted octanol–water partition coefficient (Wildman–Crippen LogP) is 4.09. The van der Waals surface area contributed by atoms with Crippen LogP contribution in [0.4, 0.5) is 52.7 Å². The monoisotopic (exact) mass is 432 g/mol. The van der Waals surface area contributed by atoms with E-state index in [9.17, 15) is 62.3 Å². The van der Waals surface area contributed by atoms with E-state index in [1.54, 1.807) is 0 Å². The maximum absolute atomic E-state index is 12.3. The Morgan fingerprint density at radius 1 is 0.556 bits per heavy atom. The highest BCUT2D eigenvalue weighted by atomic mass is 19.4. The summed E-state index contributed by atoms with van der Waals surface area (Å²) in [5.74, 6) is -5.43. The Hall–Kier alpha value is -1.90. The fourth-order valence-corrected chi connectivity index (χ4v) is 1.23. The Kier molecular flexibility index (Phi) is 6.75. The summed E-state index contributed by atoms with van der Waals surface area (Å²) in [6.45, 7) is 0.233. The lowest BCUT2D eigenvalue weighted by molar-refractivity contribution is -0.319. The number of esters is 2. The normalized spacial score (nSPS) is 14.5. The largest absolute Gasteiger partial charge is 0.442 e. The van der Waals surface area contributed by atoms with Crippen LogP contribution in [-0.2, 0) is 19.1 Å². The van der Waals surface area contributed by atoms with E-state index in [0.29, 0.717) is 0 Å². The molecular weight excluding hydrogens is 424 g/mol. The molecule has 0 fully saturated rings. The minimum absolute atomic E-state index is 0.116. The van der Waals surface area contributed by atoms with Crippen molar-refractivity contribution in [3.8, 4) is 0 Å². The lowest BCUT2D eigenvalue weighted by atomic mass is 9.94. The first-order valence-electron chi connectivity index (χ1n) is 6.21. The molecule has 0 spiro atoms. The molecule has 0 atom stereocenters. The minimum atomic E-state index is -6.23. The fraction of sp³-hybridized carbons (Fsp3) is 0.818. The third kappa shape index (κ3) is 6.64. The number of hydrogen-bond acceptors (Lipinski definition) is 4. The lowest BCUT2D eigenvalue weighted by Crippen LogP contribution is -2.51. The van der Waals surface area contributed by atoms with E-state index in [1.807, 2.05) is 0 Å². The summed E-state index contributed by atoms with van der Waals surface area (Å²) in [5.41, 5.74) is -3.37. The maximum Gasteiger partial charge on any atom is 0.434 e. The van der Waals surface area contributed by atoms with Crippen LogP contribution in [0.1, 0.15) is 13.8 Å². The van der Waals surface area contributed by atoms with E-state index in [1.165, 1.54) is 0 Å². The molecule has 0 aliphatic heterocycles. The minimum Gasteiger partial charge on any atom is -0.442 e. The van der Waals surface area contributed by atoms with Crippen molar-refractivity contribution in [2.75, 3.05) is 0 Å². The molecule has 0 aliphatic rings. The van der Waals surface area contributed by atoms with Gasteiger partial charge in [0.15, 0.2) is 5.41 Å². The van der Waals surface area contributed by atoms with Crippen LogP contribution in [0.3, 0.4) is 0 Å². The smallest absolute Gasteiger partial charge is 0.434 e. The topological polar surface area (TPSA) is 52.6 Å². The number of halogens is 12. The van der Waals surface area contributed by atoms with Gasteiger partial charge >= 0.3 is 36.6 Å². The Morgan fingerprint density at radius 2 is 0.741 bits per heavy atom. The lowest BCUT2D eigenvalue weighted by Gasteiger charge is -2.29. The summed E-state index contributed by atoms with van der Waals surface area (Å²) >= 11 is 0. The molecule has 160 valence electrons. The van der Waals surface area contributed by atoms with Crippen LogP contribution in [0.2, 0.25) is 0 Å². The molecule has 4 nitrogen and oxygen atoms in total. The predicted molar refractivity (Wildman–Crippen MR) is 57.8 cm³/mol. The van der Waals surface area contributed by atoms with Crippen molar-refractivity contribution >= 4 is 11.9 Å². The highest BCUT2D eigenvalue weighted by Gasteiger charge is 2.63. The molecule has 0 saturated heterocycles. The SMILES string of the molecule is CC(C)(C(=O)OC(C(F)(F)F)C(F)(F)F)C(=O)OC(C(F)(F)F)C(F)(F)F. The van der Waals surface area contributed by atoms with Crippen molar-refractivity contribution in [2.45, 2.75) is 50.8 Å². The summed E-state index contributed by atoms with van der Waals surface area (Å²) in [6.07, 6.45) is -34.5. The van der Waals surface area contributed by atoms with E-state index in [4.69, 9.17) is 0 Å². The zero-order valence-corrected chi connectivity index (χ0v) is 12.8. The molecular formula is C11H8F12O4. The first-order valence-corrected chi connectivity index (χ1v) is 6.21. The molecule has 0 aromatic heterocycles. The van der Waals surface area contributed by atoms with Crippen LogP contribution in [0.25, 0.3) is 0 Å². The van der Waals surface area contributed by atoms with E-state index in [-0.39, 0.29) is 13.8 Å². The Balaban J connectivity index is 5.60. The first kappa shape index (κ1) is 25.1. The van der Waals surface area contributed by atoms with Gasteiger partial charge in [0, 0.05) is 0 Å². The third-order valence-electron chi connectivity index (χ3n) is 2.66. The number of rotatable bonds is 4. The first-order chi connectivity index (χ1) is 11.5. The van der Waals surface area contributed by atoms with E-state index in [2.05, 4.69) is 9.47 Å². The number of ether oxygens (including phenoxy) is 2. The average Bonchev–Trinajstić information content (AvgIpc) is 2.35. The molecule has 0 heterocycles. The van der Waals surface area contributed by atoms with Crippen LogP contribution in [0, 0.1) is 5.41 Å². The zero-order valence-electron chi connectivity index (χ0n) is 12.8. The van der Waals surface area contributed by atoms with Gasteiger partial charge in [0.25, 0.3) is 12.2 Å². The van der Waals surface area contributed by atoms with Crippen molar-refractivity contribution in [3.05, 3.63) is 0 Å². The summed E-state index contributed by atoms with van der Waals surface area (Å²) in [5, 5.41) is 0. The summed E-state index contributed by atoms with van der Waals surface area (Å²) in [6, 6.07) is 0. The molecule has 0 aliphatic carbocycles. The van der Waals surface area contributed by atoms with Gasteiger partial charge in [0.05, 0.1) is 0 Å². The second-order valence-electron chi connectivity index (χ2n) is 5.36. The highest BCUT2D eigenvalue weighted by molar-refractivity contribution is 5.99. The molecule has 0 bridgehead atoms. The van der Waals surface area contributed by atoms with Gasteiger partial charge in [-0.05, 0) is 13.8 Å². The van der Waals surface area contributed by atoms with E-state index >= 15 is 0 Å². The fourth-order valence-electron chi connectivity index (χ4n) is 1.23. The van der Waals surface area contributed by atoms with Crippen LogP contribution >= 0.6 is 0 Å². The van der Waals surface area contributed by atoms with Gasteiger partial charge in [-0.1, -0.05) is 0 Å². The summed E-state index contributed by atoms with van der Waals surface area (Å²) < 4.78 is 153. The maximum atomic E-state index is 12.3. The molecule has 0 radical (unpaired) electrons. The quantitative estimate of drug-likeness (QED) is 0.382. The molecule has 0 amide bonds. The van der Waals surface area contributed by atoms with Crippen molar-refractivity contribution in [2.24, 2.45) is 5.41 Å². The van der Waals surface area contributed by atoms with Crippen molar-refractivity contribution in [1.29, 1.82) is 0 Å². The van der Waals surface area contributed by atoms with Gasteiger partial charge in [-0.15, -0.1) is 0 Å². The number of hydrogen-bond donors (Lipinski definition) is 0. The standard InChI is InChI=1S/C11H8F12O4/c1-7(2,5(24)26-3(8(12,13)14)9(15,16)17)6(25)27-4(10(18,19)20)11(21,22)23/h3-4H,1-2H3. The Labute approximate surface area is 141 Å². The van der Waals surface area contributed by atoms with Gasteiger partial charge in [-0.25, -0.2) is 0 Å². The Bertz CT molecular complexity index is 478. The third-order valence-corrected chi connectivity index (χ3v) is 2.66. The van der Waals surface area contributed by atoms with Gasteiger partial charge in [-0.2, -0.15) is 52.7 Å². The highest BCUT2D eigenvalue weighted by Crippen LogP contribution is 2.39. The number of alkyl halides is 12. The van der Waals surface area contributed by atoms with Crippen molar-refractivity contribution < 1.29 is 71.7 Å². The van der Waals surface area contributed by atoms with Crippen molar-refractivity contribution in [1.82, 2.24) is 0 Å². The van der Waals surface area contributed by atoms with E-state index < -0.39 is 54.3 Å². The van der Waals surface area contributed by atoms with Gasteiger partial charge in [0.1, 0.15) is 0 Å². The van der Waals surface area contributed by atoms with Crippen LogP contribution in [0.5, 0.6) is 0 Å². The second kappa shape index (κ2) is 7.26. The van der Waals surface area contributed by atoms with Crippen molar-refractivity contribution in [3.63, 3.8) is 0 Å². The second-order valence-corrected chi connectivity index (χ2v) is 5.36. The molecule has 0 saturated carbocycles. The molecule has 0 unspecified atom stereocenters. The molecule has 16 heteroatoms.